The lowest BCUT2D eigenvalue weighted by Crippen LogP contribution is -2.36. The lowest BCUT2D eigenvalue weighted by atomic mass is 10.1. The molecule has 7 heteroatoms. The van der Waals surface area contributed by atoms with Gasteiger partial charge in [0.05, 0.1) is 17.4 Å². The summed E-state index contributed by atoms with van der Waals surface area (Å²) in [5, 5.41) is 8.15. The molecule has 0 radical (unpaired) electrons. The molecule has 1 atom stereocenters. The number of nitrogens with one attached hydrogen (secondary N) is 2. The molecule has 2 N–H and O–H groups in total. The van der Waals surface area contributed by atoms with Gasteiger partial charge in [-0.1, -0.05) is 35.9 Å². The van der Waals surface area contributed by atoms with Gasteiger partial charge >= 0.3 is 0 Å². The fraction of sp³-hybridized carbons (Fsp3) is 0.308. The van der Waals surface area contributed by atoms with Crippen molar-refractivity contribution in [2.75, 3.05) is 30.7 Å². The van der Waals surface area contributed by atoms with Crippen molar-refractivity contribution in [3.05, 3.63) is 82.0 Å². The zero-order chi connectivity index (χ0) is 23.0. The van der Waals surface area contributed by atoms with E-state index < -0.39 is 0 Å². The summed E-state index contributed by atoms with van der Waals surface area (Å²) in [4.78, 5) is 30.0. The van der Waals surface area contributed by atoms with Crippen LogP contribution in [0.25, 0.3) is 0 Å². The van der Waals surface area contributed by atoms with E-state index in [1.807, 2.05) is 55.5 Å². The minimum absolute atomic E-state index is 0.0918. The third-order valence-electron chi connectivity index (χ3n) is 5.73. The SMILES string of the molecule is Cc1ccc(NC(=O)CSc2ccccc2C(=O)NCC(c2cccs2)N2CCCC2)cc1. The number of hydrogen-bond acceptors (Lipinski definition) is 5. The average Bonchev–Trinajstić information content (AvgIpc) is 3.55. The summed E-state index contributed by atoms with van der Waals surface area (Å²) >= 11 is 3.12. The van der Waals surface area contributed by atoms with Crippen LogP contribution in [0.1, 0.15) is 39.7 Å². The van der Waals surface area contributed by atoms with Gasteiger partial charge in [0.25, 0.3) is 5.91 Å². The van der Waals surface area contributed by atoms with Gasteiger partial charge in [0, 0.05) is 22.0 Å². The molecule has 2 amide bonds. The third-order valence-corrected chi connectivity index (χ3v) is 7.78. The van der Waals surface area contributed by atoms with Gasteiger partial charge < -0.3 is 10.6 Å². The first-order valence-electron chi connectivity index (χ1n) is 11.2. The second kappa shape index (κ2) is 11.5. The van der Waals surface area contributed by atoms with E-state index >= 15 is 0 Å². The molecular weight excluding hydrogens is 450 g/mol. The summed E-state index contributed by atoms with van der Waals surface area (Å²) in [6.07, 6.45) is 2.42. The van der Waals surface area contributed by atoms with Gasteiger partial charge in [-0.3, -0.25) is 14.5 Å². The molecule has 0 bridgehead atoms. The molecule has 1 aliphatic rings. The smallest absolute Gasteiger partial charge is 0.252 e. The number of nitrogens with zero attached hydrogens (tertiary/aromatic N) is 1. The Bertz CT molecular complexity index is 1060. The fourth-order valence-electron chi connectivity index (χ4n) is 3.99. The van der Waals surface area contributed by atoms with Gasteiger partial charge in [-0.2, -0.15) is 0 Å². The first-order valence-corrected chi connectivity index (χ1v) is 13.1. The number of thioether (sulfide) groups is 1. The molecule has 1 aromatic heterocycles. The Labute approximate surface area is 203 Å². The largest absolute Gasteiger partial charge is 0.350 e. The molecule has 3 aromatic rings. The normalized spacial score (nSPS) is 14.7. The van der Waals surface area contributed by atoms with Crippen molar-refractivity contribution in [1.29, 1.82) is 0 Å². The molecule has 2 aromatic carbocycles. The molecule has 0 spiro atoms. The minimum Gasteiger partial charge on any atom is -0.350 e. The van der Waals surface area contributed by atoms with Crippen molar-refractivity contribution in [2.24, 2.45) is 0 Å². The Hall–Kier alpha value is -2.61. The lowest BCUT2D eigenvalue weighted by Gasteiger charge is -2.27. The minimum atomic E-state index is -0.0993. The molecule has 1 saturated heterocycles. The number of benzene rings is 2. The van der Waals surface area contributed by atoms with Gasteiger partial charge in [0.1, 0.15) is 0 Å². The van der Waals surface area contributed by atoms with Crippen molar-refractivity contribution in [3.63, 3.8) is 0 Å². The average molecular weight is 480 g/mol. The van der Waals surface area contributed by atoms with Crippen molar-refractivity contribution in [3.8, 4) is 0 Å². The molecule has 1 unspecified atom stereocenters. The highest BCUT2D eigenvalue weighted by atomic mass is 32.2. The van der Waals surface area contributed by atoms with Gasteiger partial charge in [-0.25, -0.2) is 0 Å². The Morgan fingerprint density at radius 3 is 2.52 bits per heavy atom. The second-order valence-electron chi connectivity index (χ2n) is 8.18. The zero-order valence-electron chi connectivity index (χ0n) is 18.8. The highest BCUT2D eigenvalue weighted by Gasteiger charge is 2.25. The fourth-order valence-corrected chi connectivity index (χ4v) is 5.70. The number of likely N-dealkylation sites (tertiary alicyclic amines) is 1. The molecule has 1 fully saturated rings. The predicted octanol–water partition coefficient (Wildman–Crippen LogP) is 5.35. The van der Waals surface area contributed by atoms with Crippen LogP contribution in [-0.4, -0.2) is 42.1 Å². The lowest BCUT2D eigenvalue weighted by molar-refractivity contribution is -0.113. The molecule has 0 aliphatic carbocycles. The summed E-state index contributed by atoms with van der Waals surface area (Å²) in [6.45, 7) is 4.73. The van der Waals surface area contributed by atoms with Crippen molar-refractivity contribution >= 4 is 40.6 Å². The van der Waals surface area contributed by atoms with Crippen LogP contribution in [-0.2, 0) is 4.79 Å². The van der Waals surface area contributed by atoms with Crippen LogP contribution in [0.2, 0.25) is 0 Å². The van der Waals surface area contributed by atoms with E-state index in [1.54, 1.807) is 11.3 Å². The summed E-state index contributed by atoms with van der Waals surface area (Å²) in [7, 11) is 0. The van der Waals surface area contributed by atoms with Crippen LogP contribution in [0.5, 0.6) is 0 Å². The Balaban J connectivity index is 1.36. The van der Waals surface area contributed by atoms with Gasteiger partial charge in [-0.05, 0) is 68.6 Å². The number of carbonyl (C=O) groups is 2. The van der Waals surface area contributed by atoms with Crippen molar-refractivity contribution in [1.82, 2.24) is 10.2 Å². The number of aryl methyl sites for hydroxylation is 1. The predicted molar refractivity (Wildman–Crippen MR) is 137 cm³/mol. The van der Waals surface area contributed by atoms with E-state index in [-0.39, 0.29) is 23.6 Å². The first-order chi connectivity index (χ1) is 16.1. The van der Waals surface area contributed by atoms with Gasteiger partial charge in [0.15, 0.2) is 0 Å². The van der Waals surface area contributed by atoms with E-state index in [0.717, 1.165) is 29.2 Å². The highest BCUT2D eigenvalue weighted by Crippen LogP contribution is 2.28. The van der Waals surface area contributed by atoms with E-state index in [1.165, 1.54) is 29.5 Å². The number of anilines is 1. The van der Waals surface area contributed by atoms with Crippen LogP contribution in [0.15, 0.2) is 70.9 Å². The molecule has 2 heterocycles. The van der Waals surface area contributed by atoms with Crippen LogP contribution in [0, 0.1) is 6.92 Å². The topological polar surface area (TPSA) is 61.4 Å². The molecule has 5 nitrogen and oxygen atoms in total. The quantitative estimate of drug-likeness (QED) is 0.406. The zero-order valence-corrected chi connectivity index (χ0v) is 20.4. The summed E-state index contributed by atoms with van der Waals surface area (Å²) in [6, 6.07) is 19.6. The molecule has 33 heavy (non-hydrogen) atoms. The highest BCUT2D eigenvalue weighted by molar-refractivity contribution is 8.00. The second-order valence-corrected chi connectivity index (χ2v) is 10.2. The number of thiophene rings is 1. The molecule has 1 aliphatic heterocycles. The summed E-state index contributed by atoms with van der Waals surface area (Å²) in [5.41, 5.74) is 2.53. The van der Waals surface area contributed by atoms with Crippen LogP contribution in [0.3, 0.4) is 0 Å². The number of hydrogen-bond donors (Lipinski definition) is 2. The first kappa shape index (κ1) is 23.5. The summed E-state index contributed by atoms with van der Waals surface area (Å²) < 4.78 is 0. The maximum Gasteiger partial charge on any atom is 0.252 e. The van der Waals surface area contributed by atoms with Crippen molar-refractivity contribution < 1.29 is 9.59 Å². The number of rotatable bonds is 9. The standard InChI is InChI=1S/C26H29N3O2S2/c1-19-10-12-20(13-11-19)28-25(30)18-33-23-8-3-2-7-21(23)26(31)27-17-22(24-9-6-16-32-24)29-14-4-5-15-29/h2-3,6-13,16,22H,4-5,14-15,17-18H2,1H3,(H,27,31)(H,28,30). The molecule has 172 valence electrons. The van der Waals surface area contributed by atoms with E-state index in [2.05, 4.69) is 33.0 Å². The monoisotopic (exact) mass is 479 g/mol. The van der Waals surface area contributed by atoms with E-state index in [0.29, 0.717) is 12.1 Å². The van der Waals surface area contributed by atoms with Gasteiger partial charge in [0.2, 0.25) is 5.91 Å². The Kier molecular flexibility index (Phi) is 8.20. The molecule has 0 saturated carbocycles. The Morgan fingerprint density at radius 2 is 1.79 bits per heavy atom. The molecule has 4 rings (SSSR count). The van der Waals surface area contributed by atoms with Crippen LogP contribution in [0.4, 0.5) is 5.69 Å². The van der Waals surface area contributed by atoms with Crippen molar-refractivity contribution in [2.45, 2.75) is 30.7 Å². The maximum absolute atomic E-state index is 13.1. The van der Waals surface area contributed by atoms with Crippen LogP contribution < -0.4 is 10.6 Å². The maximum atomic E-state index is 13.1. The van der Waals surface area contributed by atoms with Crippen LogP contribution >= 0.6 is 23.1 Å². The van der Waals surface area contributed by atoms with Gasteiger partial charge in [-0.15, -0.1) is 23.1 Å². The Morgan fingerprint density at radius 1 is 1.03 bits per heavy atom. The number of amides is 2. The number of carbonyl (C=O) groups excluding carboxylic acids is 2. The third kappa shape index (κ3) is 6.47. The van der Waals surface area contributed by atoms with E-state index in [4.69, 9.17) is 0 Å². The molecular formula is C26H29N3O2S2. The van der Waals surface area contributed by atoms with E-state index in [9.17, 15) is 9.59 Å². The summed E-state index contributed by atoms with van der Waals surface area (Å²) in [5.74, 6) is 0.0488.